The highest BCUT2D eigenvalue weighted by atomic mass is 79.9. The van der Waals surface area contributed by atoms with Crippen molar-refractivity contribution in [2.75, 3.05) is 6.54 Å². The van der Waals surface area contributed by atoms with Gasteiger partial charge in [-0.25, -0.2) is 0 Å². The van der Waals surface area contributed by atoms with Crippen LogP contribution in [0, 0.1) is 6.92 Å². The molecular formula is C8H12BrN3. The summed E-state index contributed by atoms with van der Waals surface area (Å²) in [4.78, 5) is 0. The molecule has 1 N–H and O–H groups in total. The number of nitrogens with one attached hydrogen (secondary N) is 1. The van der Waals surface area contributed by atoms with Crippen LogP contribution < -0.4 is 5.32 Å². The van der Waals surface area contributed by atoms with Crippen molar-refractivity contribution >= 4 is 15.9 Å². The third-order valence-corrected chi connectivity index (χ3v) is 3.20. The maximum Gasteiger partial charge on any atom is 0.0739 e. The summed E-state index contributed by atoms with van der Waals surface area (Å²) in [7, 11) is 0. The van der Waals surface area contributed by atoms with Gasteiger partial charge in [0.25, 0.3) is 0 Å². The summed E-state index contributed by atoms with van der Waals surface area (Å²) in [6, 6.07) is 0. The molecule has 0 fully saturated rings. The average Bonchev–Trinajstić information content (AvgIpc) is 2.30. The Morgan fingerprint density at radius 2 is 2.42 bits per heavy atom. The van der Waals surface area contributed by atoms with E-state index in [1.54, 1.807) is 0 Å². The van der Waals surface area contributed by atoms with E-state index in [-0.39, 0.29) is 0 Å². The fourth-order valence-electron chi connectivity index (χ4n) is 1.52. The van der Waals surface area contributed by atoms with Gasteiger partial charge >= 0.3 is 0 Å². The van der Waals surface area contributed by atoms with E-state index in [2.05, 4.69) is 31.0 Å². The normalized spacial score (nSPS) is 17.2. The molecule has 3 nitrogen and oxygen atoms in total. The van der Waals surface area contributed by atoms with Crippen LogP contribution in [0.1, 0.15) is 17.8 Å². The van der Waals surface area contributed by atoms with Gasteiger partial charge in [0.05, 0.1) is 15.9 Å². The van der Waals surface area contributed by atoms with E-state index < -0.39 is 0 Å². The molecule has 2 heterocycles. The Morgan fingerprint density at radius 1 is 1.58 bits per heavy atom. The van der Waals surface area contributed by atoms with E-state index >= 15 is 0 Å². The predicted octanol–water partition coefficient (Wildman–Crippen LogP) is 1.45. The van der Waals surface area contributed by atoms with E-state index in [9.17, 15) is 0 Å². The Morgan fingerprint density at radius 3 is 3.25 bits per heavy atom. The number of hydrogen-bond acceptors (Lipinski definition) is 2. The standard InChI is InChI=1S/C8H12BrN3/c1-6-8(9)7-5-10-3-2-4-12(7)11-6/h10H,2-5H2,1H3. The Hall–Kier alpha value is -0.350. The lowest BCUT2D eigenvalue weighted by Crippen LogP contribution is -2.12. The van der Waals surface area contributed by atoms with Crippen molar-refractivity contribution in [2.45, 2.75) is 26.4 Å². The summed E-state index contributed by atoms with van der Waals surface area (Å²) in [6.45, 7) is 5.09. The lowest BCUT2D eigenvalue weighted by Gasteiger charge is -2.00. The molecule has 0 amide bonds. The molecule has 0 aromatic carbocycles. The minimum atomic E-state index is 0.932. The van der Waals surface area contributed by atoms with Crippen LogP contribution in [-0.4, -0.2) is 16.3 Å². The third-order valence-electron chi connectivity index (χ3n) is 2.17. The molecule has 0 radical (unpaired) electrons. The number of fused-ring (bicyclic) bond motifs is 1. The molecule has 1 aromatic rings. The van der Waals surface area contributed by atoms with Gasteiger partial charge < -0.3 is 5.32 Å². The van der Waals surface area contributed by atoms with Crippen LogP contribution in [0.2, 0.25) is 0 Å². The zero-order chi connectivity index (χ0) is 8.55. The van der Waals surface area contributed by atoms with Gasteiger partial charge in [-0.1, -0.05) is 0 Å². The summed E-state index contributed by atoms with van der Waals surface area (Å²) in [5.41, 5.74) is 2.37. The van der Waals surface area contributed by atoms with Crippen molar-refractivity contribution in [3.8, 4) is 0 Å². The van der Waals surface area contributed by atoms with Crippen LogP contribution >= 0.6 is 15.9 Å². The zero-order valence-corrected chi connectivity index (χ0v) is 8.69. The first-order valence-corrected chi connectivity index (χ1v) is 5.01. The largest absolute Gasteiger partial charge is 0.311 e. The SMILES string of the molecule is Cc1nn2c(c1Br)CNCCC2. The maximum absolute atomic E-state index is 4.44. The van der Waals surface area contributed by atoms with Gasteiger partial charge in [0.15, 0.2) is 0 Å². The topological polar surface area (TPSA) is 29.9 Å². The first-order chi connectivity index (χ1) is 5.79. The number of rotatable bonds is 0. The van der Waals surface area contributed by atoms with Crippen LogP contribution in [0.3, 0.4) is 0 Å². The molecule has 0 atom stereocenters. The van der Waals surface area contributed by atoms with Crippen LogP contribution in [0.5, 0.6) is 0 Å². The van der Waals surface area contributed by atoms with Crippen molar-refractivity contribution in [1.29, 1.82) is 0 Å². The summed E-state index contributed by atoms with van der Waals surface area (Å²) >= 11 is 3.55. The van der Waals surface area contributed by atoms with Gasteiger partial charge in [0.1, 0.15) is 0 Å². The minimum Gasteiger partial charge on any atom is -0.311 e. The molecule has 1 aliphatic heterocycles. The van der Waals surface area contributed by atoms with Crippen LogP contribution in [0.15, 0.2) is 4.47 Å². The second-order valence-electron chi connectivity index (χ2n) is 3.10. The molecule has 0 aliphatic carbocycles. The fraction of sp³-hybridized carbons (Fsp3) is 0.625. The lowest BCUT2D eigenvalue weighted by molar-refractivity contribution is 0.583. The molecule has 66 valence electrons. The molecule has 0 saturated carbocycles. The second-order valence-corrected chi connectivity index (χ2v) is 3.89. The molecule has 0 unspecified atom stereocenters. The van der Waals surface area contributed by atoms with Gasteiger partial charge in [-0.2, -0.15) is 5.10 Å². The van der Waals surface area contributed by atoms with E-state index in [0.717, 1.165) is 29.8 Å². The number of aromatic nitrogens is 2. The minimum absolute atomic E-state index is 0.932. The van der Waals surface area contributed by atoms with E-state index in [1.807, 2.05) is 6.92 Å². The smallest absolute Gasteiger partial charge is 0.0739 e. The van der Waals surface area contributed by atoms with Crippen molar-refractivity contribution in [2.24, 2.45) is 0 Å². The number of aryl methyl sites for hydroxylation is 2. The molecule has 1 aromatic heterocycles. The zero-order valence-electron chi connectivity index (χ0n) is 7.10. The fourth-order valence-corrected chi connectivity index (χ4v) is 1.95. The first kappa shape index (κ1) is 8.26. The summed E-state index contributed by atoms with van der Waals surface area (Å²) in [6.07, 6.45) is 1.17. The highest BCUT2D eigenvalue weighted by Crippen LogP contribution is 2.21. The Bertz CT molecular complexity index is 293. The van der Waals surface area contributed by atoms with Crippen molar-refractivity contribution in [3.05, 3.63) is 15.9 Å². The van der Waals surface area contributed by atoms with E-state index in [1.165, 1.54) is 12.1 Å². The van der Waals surface area contributed by atoms with Gasteiger partial charge in [0, 0.05) is 13.1 Å². The maximum atomic E-state index is 4.44. The van der Waals surface area contributed by atoms with Crippen molar-refractivity contribution in [1.82, 2.24) is 15.1 Å². The summed E-state index contributed by atoms with van der Waals surface area (Å²) in [5.74, 6) is 0. The molecule has 4 heteroatoms. The average molecular weight is 230 g/mol. The van der Waals surface area contributed by atoms with E-state index in [4.69, 9.17) is 0 Å². The summed E-state index contributed by atoms with van der Waals surface area (Å²) < 4.78 is 3.26. The molecule has 0 saturated heterocycles. The predicted molar refractivity (Wildman–Crippen MR) is 51.0 cm³/mol. The Labute approximate surface area is 80.3 Å². The molecule has 2 rings (SSSR count). The first-order valence-electron chi connectivity index (χ1n) is 4.21. The Kier molecular flexibility index (Phi) is 2.19. The van der Waals surface area contributed by atoms with Gasteiger partial charge in [-0.15, -0.1) is 0 Å². The van der Waals surface area contributed by atoms with Gasteiger partial charge in [-0.05, 0) is 35.8 Å². The molecule has 12 heavy (non-hydrogen) atoms. The van der Waals surface area contributed by atoms with Crippen LogP contribution in [0.4, 0.5) is 0 Å². The number of halogens is 1. The van der Waals surface area contributed by atoms with Crippen LogP contribution in [0.25, 0.3) is 0 Å². The van der Waals surface area contributed by atoms with Crippen LogP contribution in [-0.2, 0) is 13.1 Å². The van der Waals surface area contributed by atoms with Crippen molar-refractivity contribution < 1.29 is 0 Å². The van der Waals surface area contributed by atoms with Crippen molar-refractivity contribution in [3.63, 3.8) is 0 Å². The third kappa shape index (κ3) is 1.29. The quantitative estimate of drug-likeness (QED) is 0.731. The highest BCUT2D eigenvalue weighted by Gasteiger charge is 2.13. The Balaban J connectivity index is 2.42. The molecule has 1 aliphatic rings. The van der Waals surface area contributed by atoms with E-state index in [0.29, 0.717) is 0 Å². The molecule has 0 spiro atoms. The summed E-state index contributed by atoms with van der Waals surface area (Å²) in [5, 5.41) is 7.81. The monoisotopic (exact) mass is 229 g/mol. The van der Waals surface area contributed by atoms with Gasteiger partial charge in [0.2, 0.25) is 0 Å². The number of hydrogen-bond donors (Lipinski definition) is 1. The number of nitrogens with zero attached hydrogens (tertiary/aromatic N) is 2. The van der Waals surface area contributed by atoms with Gasteiger partial charge in [-0.3, -0.25) is 4.68 Å². The molecular weight excluding hydrogens is 218 g/mol. The second kappa shape index (κ2) is 3.18. The highest BCUT2D eigenvalue weighted by molar-refractivity contribution is 9.10. The molecule has 0 bridgehead atoms. The lowest BCUT2D eigenvalue weighted by atomic mass is 10.4.